The number of imidazole rings is 1. The van der Waals surface area contributed by atoms with E-state index in [0.29, 0.717) is 17.6 Å². The highest BCUT2D eigenvalue weighted by atomic mass is 16.5. The maximum absolute atomic E-state index is 12.3. The normalized spacial score (nSPS) is 21.5. The molecule has 2 aromatic rings. The van der Waals surface area contributed by atoms with E-state index >= 15 is 0 Å². The van der Waals surface area contributed by atoms with Gasteiger partial charge < -0.3 is 14.8 Å². The molecule has 112 valence electrons. The number of fused-ring (bicyclic) bond motifs is 1. The van der Waals surface area contributed by atoms with Crippen molar-refractivity contribution in [2.75, 3.05) is 6.61 Å². The van der Waals surface area contributed by atoms with Crippen LogP contribution < -0.4 is 5.69 Å². The third-order valence-electron chi connectivity index (χ3n) is 4.02. The highest BCUT2D eigenvalue weighted by Crippen LogP contribution is 2.33. The van der Waals surface area contributed by atoms with Gasteiger partial charge in [-0.1, -0.05) is 6.07 Å². The number of nitrogens with one attached hydrogen (secondary N) is 1. The van der Waals surface area contributed by atoms with Gasteiger partial charge in [0.15, 0.2) is 0 Å². The molecule has 1 saturated heterocycles. The topological polar surface area (TPSA) is 84.3 Å². The predicted octanol–water partition coefficient (Wildman–Crippen LogP) is 2.16. The Labute approximate surface area is 121 Å². The Kier molecular flexibility index (Phi) is 3.13. The molecular weight excluding hydrogens is 272 g/mol. The van der Waals surface area contributed by atoms with Gasteiger partial charge in [-0.3, -0.25) is 4.57 Å². The van der Waals surface area contributed by atoms with Crippen molar-refractivity contribution < 1.29 is 14.6 Å². The van der Waals surface area contributed by atoms with Crippen LogP contribution in [0.1, 0.15) is 43.1 Å². The molecule has 0 amide bonds. The monoisotopic (exact) mass is 290 g/mol. The molecule has 1 fully saturated rings. The lowest BCUT2D eigenvalue weighted by atomic mass is 9.93. The summed E-state index contributed by atoms with van der Waals surface area (Å²) in [5.41, 5.74) is 0.606. The molecule has 1 aliphatic heterocycles. The standard InChI is InChI=1S/C15H18N2O4/c1-15(2)8-9(6-7-21-15)17-11-5-3-4-10(13(18)19)12(11)16-14(17)20/h3-5,9H,6-8H2,1-2H3,(H,16,20)(H,18,19). The Morgan fingerprint density at radius 2 is 2.24 bits per heavy atom. The summed E-state index contributed by atoms with van der Waals surface area (Å²) in [6.07, 6.45) is 1.46. The first-order valence-electron chi connectivity index (χ1n) is 6.99. The van der Waals surface area contributed by atoms with E-state index in [0.717, 1.165) is 12.8 Å². The van der Waals surface area contributed by atoms with E-state index in [2.05, 4.69) is 4.98 Å². The number of hydrogen-bond acceptors (Lipinski definition) is 3. The van der Waals surface area contributed by atoms with E-state index in [1.165, 1.54) is 6.07 Å². The second kappa shape index (κ2) is 4.73. The minimum Gasteiger partial charge on any atom is -0.478 e. The maximum atomic E-state index is 12.3. The predicted molar refractivity (Wildman–Crippen MR) is 77.8 cm³/mol. The third kappa shape index (κ3) is 2.35. The van der Waals surface area contributed by atoms with E-state index in [1.54, 1.807) is 16.7 Å². The van der Waals surface area contributed by atoms with Crippen molar-refractivity contribution in [2.24, 2.45) is 0 Å². The second-order valence-corrected chi connectivity index (χ2v) is 6.06. The number of para-hydroxylation sites is 1. The number of ether oxygens (including phenoxy) is 1. The van der Waals surface area contributed by atoms with Gasteiger partial charge in [0.1, 0.15) is 0 Å². The number of aromatic amines is 1. The Balaban J connectivity index is 2.15. The van der Waals surface area contributed by atoms with Gasteiger partial charge in [-0.25, -0.2) is 9.59 Å². The van der Waals surface area contributed by atoms with Crippen LogP contribution in [0.15, 0.2) is 23.0 Å². The van der Waals surface area contributed by atoms with E-state index in [-0.39, 0.29) is 22.9 Å². The van der Waals surface area contributed by atoms with Crippen LogP contribution in [0.25, 0.3) is 11.0 Å². The lowest BCUT2D eigenvalue weighted by Gasteiger charge is -2.35. The van der Waals surface area contributed by atoms with Gasteiger partial charge in [0.25, 0.3) is 0 Å². The molecule has 2 heterocycles. The summed E-state index contributed by atoms with van der Waals surface area (Å²) in [6.45, 7) is 4.60. The largest absolute Gasteiger partial charge is 0.478 e. The average molecular weight is 290 g/mol. The number of aromatic carboxylic acids is 1. The minimum atomic E-state index is -1.04. The second-order valence-electron chi connectivity index (χ2n) is 6.06. The highest BCUT2D eigenvalue weighted by molar-refractivity contribution is 6.00. The van der Waals surface area contributed by atoms with Gasteiger partial charge in [0.05, 0.1) is 22.2 Å². The Bertz CT molecular complexity index is 757. The van der Waals surface area contributed by atoms with Crippen LogP contribution >= 0.6 is 0 Å². The van der Waals surface area contributed by atoms with E-state index in [9.17, 15) is 14.7 Å². The van der Waals surface area contributed by atoms with Crippen LogP contribution in [0.3, 0.4) is 0 Å². The van der Waals surface area contributed by atoms with Crippen LogP contribution in [0.2, 0.25) is 0 Å². The number of hydrogen-bond donors (Lipinski definition) is 2. The molecular formula is C15H18N2O4. The van der Waals surface area contributed by atoms with Gasteiger partial charge in [0, 0.05) is 12.6 Å². The molecule has 21 heavy (non-hydrogen) atoms. The zero-order valence-electron chi connectivity index (χ0n) is 12.0. The third-order valence-corrected chi connectivity index (χ3v) is 4.02. The number of nitrogens with zero attached hydrogens (tertiary/aromatic N) is 1. The van der Waals surface area contributed by atoms with Crippen LogP contribution in [-0.2, 0) is 4.74 Å². The van der Waals surface area contributed by atoms with Crippen LogP contribution in [0.5, 0.6) is 0 Å². The van der Waals surface area contributed by atoms with Crippen molar-refractivity contribution >= 4 is 17.0 Å². The van der Waals surface area contributed by atoms with Crippen molar-refractivity contribution in [1.82, 2.24) is 9.55 Å². The first-order chi connectivity index (χ1) is 9.89. The molecule has 1 aliphatic rings. The van der Waals surface area contributed by atoms with Crippen molar-refractivity contribution in [2.45, 2.75) is 38.3 Å². The number of H-pyrrole nitrogens is 1. The summed E-state index contributed by atoms with van der Waals surface area (Å²) in [5.74, 6) is -1.04. The summed E-state index contributed by atoms with van der Waals surface area (Å²) < 4.78 is 7.36. The SMILES string of the molecule is CC1(C)CC(n2c(=O)[nH]c3c(C(=O)O)cccc32)CCO1. The highest BCUT2D eigenvalue weighted by Gasteiger charge is 2.31. The fourth-order valence-electron chi connectivity index (χ4n) is 3.11. The molecule has 1 unspecified atom stereocenters. The number of benzene rings is 1. The zero-order valence-corrected chi connectivity index (χ0v) is 12.0. The van der Waals surface area contributed by atoms with Crippen LogP contribution in [-0.4, -0.2) is 32.8 Å². The number of carboxylic acids is 1. The maximum Gasteiger partial charge on any atom is 0.337 e. The lowest BCUT2D eigenvalue weighted by molar-refractivity contribution is -0.0689. The lowest BCUT2D eigenvalue weighted by Crippen LogP contribution is -2.37. The zero-order chi connectivity index (χ0) is 15.2. The number of carboxylic acid groups (broad SMARTS) is 1. The fourth-order valence-corrected chi connectivity index (χ4v) is 3.11. The van der Waals surface area contributed by atoms with Crippen molar-refractivity contribution in [3.63, 3.8) is 0 Å². The van der Waals surface area contributed by atoms with Gasteiger partial charge in [-0.15, -0.1) is 0 Å². The van der Waals surface area contributed by atoms with Crippen LogP contribution in [0.4, 0.5) is 0 Å². The van der Waals surface area contributed by atoms with Gasteiger partial charge in [-0.05, 0) is 38.8 Å². The molecule has 6 heteroatoms. The molecule has 1 aromatic heterocycles. The van der Waals surface area contributed by atoms with E-state index in [4.69, 9.17) is 4.74 Å². The molecule has 0 saturated carbocycles. The first-order valence-corrected chi connectivity index (χ1v) is 6.99. The summed E-state index contributed by atoms with van der Waals surface area (Å²) in [7, 11) is 0. The summed E-state index contributed by atoms with van der Waals surface area (Å²) in [4.78, 5) is 26.2. The van der Waals surface area contributed by atoms with Crippen LogP contribution in [0, 0.1) is 0 Å². The summed E-state index contributed by atoms with van der Waals surface area (Å²) in [5, 5.41) is 9.23. The van der Waals surface area contributed by atoms with Gasteiger partial charge in [-0.2, -0.15) is 0 Å². The molecule has 1 aromatic carbocycles. The van der Waals surface area contributed by atoms with Gasteiger partial charge in [0.2, 0.25) is 0 Å². The molecule has 2 N–H and O–H groups in total. The Hall–Kier alpha value is -2.08. The van der Waals surface area contributed by atoms with Gasteiger partial charge >= 0.3 is 11.7 Å². The van der Waals surface area contributed by atoms with Crippen molar-refractivity contribution in [1.29, 1.82) is 0 Å². The fraction of sp³-hybridized carbons (Fsp3) is 0.467. The number of rotatable bonds is 2. The summed E-state index contributed by atoms with van der Waals surface area (Å²) in [6, 6.07) is 4.96. The minimum absolute atomic E-state index is 0.0130. The van der Waals surface area contributed by atoms with Crippen molar-refractivity contribution in [3.8, 4) is 0 Å². The molecule has 6 nitrogen and oxygen atoms in total. The molecule has 0 radical (unpaired) electrons. The smallest absolute Gasteiger partial charge is 0.337 e. The van der Waals surface area contributed by atoms with Crippen molar-refractivity contribution in [3.05, 3.63) is 34.2 Å². The summed E-state index contributed by atoms with van der Waals surface area (Å²) >= 11 is 0. The molecule has 0 spiro atoms. The Morgan fingerprint density at radius 1 is 1.48 bits per heavy atom. The number of aromatic nitrogens is 2. The van der Waals surface area contributed by atoms with E-state index < -0.39 is 5.97 Å². The molecule has 0 aliphatic carbocycles. The Morgan fingerprint density at radius 3 is 2.90 bits per heavy atom. The first kappa shape index (κ1) is 13.9. The molecule has 3 rings (SSSR count). The average Bonchev–Trinajstić information content (AvgIpc) is 2.72. The van der Waals surface area contributed by atoms with E-state index in [1.807, 2.05) is 13.8 Å². The molecule has 1 atom stereocenters. The quantitative estimate of drug-likeness (QED) is 0.887. The molecule has 0 bridgehead atoms. The number of carbonyl (C=O) groups is 1.